The summed E-state index contributed by atoms with van der Waals surface area (Å²) in [4.78, 5) is 40.0. The molecule has 1 aliphatic heterocycles. The number of rotatable bonds is 6. The third-order valence-corrected chi connectivity index (χ3v) is 7.37. The minimum absolute atomic E-state index is 0.132. The molecule has 0 spiro atoms. The maximum absolute atomic E-state index is 13.9. The van der Waals surface area contributed by atoms with Gasteiger partial charge >= 0.3 is 11.9 Å². The number of esters is 2. The summed E-state index contributed by atoms with van der Waals surface area (Å²) in [5, 5.41) is 13.7. The Morgan fingerprint density at radius 1 is 1.06 bits per heavy atom. The molecule has 9 nitrogen and oxygen atoms in total. The molecule has 2 N–H and O–H groups in total. The van der Waals surface area contributed by atoms with Crippen LogP contribution in [0.4, 0.5) is 0 Å². The number of hydrogen-bond donors (Lipinski definition) is 2. The van der Waals surface area contributed by atoms with E-state index in [0.717, 1.165) is 25.7 Å². The molecule has 0 unspecified atom stereocenters. The van der Waals surface area contributed by atoms with Crippen LogP contribution in [0, 0.1) is 11.8 Å². The lowest BCUT2D eigenvalue weighted by molar-refractivity contribution is -0.151. The average Bonchev–Trinajstić information content (AvgIpc) is 3.36. The molecule has 0 saturated heterocycles. The topological polar surface area (TPSA) is 120 Å². The van der Waals surface area contributed by atoms with Crippen LogP contribution >= 0.6 is 0 Å². The zero-order valence-electron chi connectivity index (χ0n) is 21.3. The van der Waals surface area contributed by atoms with E-state index in [1.807, 2.05) is 6.92 Å². The van der Waals surface area contributed by atoms with E-state index in [0.29, 0.717) is 29.0 Å². The first kappa shape index (κ1) is 25.6. The highest BCUT2D eigenvalue weighted by molar-refractivity contribution is 6.12. The van der Waals surface area contributed by atoms with E-state index in [-0.39, 0.29) is 34.8 Å². The van der Waals surface area contributed by atoms with Gasteiger partial charge in [0.15, 0.2) is 17.3 Å². The molecule has 1 aromatic carbocycles. The van der Waals surface area contributed by atoms with Crippen LogP contribution in [-0.2, 0) is 23.9 Å². The second kappa shape index (κ2) is 10.2. The molecule has 3 atom stereocenters. The van der Waals surface area contributed by atoms with Gasteiger partial charge in [-0.25, -0.2) is 4.79 Å². The van der Waals surface area contributed by atoms with Gasteiger partial charge in [-0.15, -0.1) is 0 Å². The normalized spacial score (nSPS) is 24.2. The van der Waals surface area contributed by atoms with Crippen molar-refractivity contribution in [3.63, 3.8) is 0 Å². The highest BCUT2D eigenvalue weighted by Gasteiger charge is 2.47. The van der Waals surface area contributed by atoms with Crippen LogP contribution in [0.5, 0.6) is 17.2 Å². The van der Waals surface area contributed by atoms with Crippen molar-refractivity contribution < 1.29 is 38.4 Å². The summed E-state index contributed by atoms with van der Waals surface area (Å²) in [6, 6.07) is 3.15. The number of ether oxygens (including phenoxy) is 4. The van der Waals surface area contributed by atoms with Crippen molar-refractivity contribution in [2.24, 2.45) is 11.8 Å². The summed E-state index contributed by atoms with van der Waals surface area (Å²) in [6.07, 6.45) is 3.83. The fraction of sp³-hybridized carbons (Fsp3) is 0.519. The van der Waals surface area contributed by atoms with Crippen molar-refractivity contribution in [2.75, 3.05) is 21.3 Å². The van der Waals surface area contributed by atoms with Gasteiger partial charge in [0.05, 0.1) is 26.9 Å². The average molecular weight is 500 g/mol. The van der Waals surface area contributed by atoms with Crippen LogP contribution in [0.1, 0.15) is 57.4 Å². The molecule has 36 heavy (non-hydrogen) atoms. The van der Waals surface area contributed by atoms with Crippen molar-refractivity contribution in [2.45, 2.75) is 58.0 Å². The fourth-order valence-corrected chi connectivity index (χ4v) is 5.59. The van der Waals surface area contributed by atoms with E-state index >= 15 is 0 Å². The highest BCUT2D eigenvalue weighted by Crippen LogP contribution is 2.49. The minimum Gasteiger partial charge on any atom is -0.502 e. The molecule has 194 valence electrons. The van der Waals surface area contributed by atoms with Crippen LogP contribution in [-0.4, -0.2) is 50.3 Å². The molecule has 0 bridgehead atoms. The third-order valence-electron chi connectivity index (χ3n) is 7.37. The number of aromatic hydroxyl groups is 1. The van der Waals surface area contributed by atoms with E-state index in [2.05, 4.69) is 5.32 Å². The molecule has 3 aliphatic rings. The maximum atomic E-state index is 13.9. The van der Waals surface area contributed by atoms with Crippen molar-refractivity contribution in [3.05, 3.63) is 40.2 Å². The number of dihydropyridines is 1. The van der Waals surface area contributed by atoms with Gasteiger partial charge in [-0.1, -0.05) is 6.92 Å². The van der Waals surface area contributed by atoms with Crippen molar-refractivity contribution in [3.8, 4) is 17.2 Å². The number of ketones is 1. The van der Waals surface area contributed by atoms with Crippen LogP contribution in [0.3, 0.4) is 0 Å². The standard InChI is InChI=1S/C27H33NO8/c1-13-10-17-23(25(30)20(13)26(31)35-5)22(15-11-18(33-3)24(29)19(12-15)34-4)21(14(2)28-17)27(32)36-16-8-6-7-9-16/h11-13,16,20,22,28-29H,6-10H2,1-5H3/t13-,20+,22+/m0/s1. The summed E-state index contributed by atoms with van der Waals surface area (Å²) in [6.45, 7) is 3.61. The van der Waals surface area contributed by atoms with Crippen LogP contribution < -0.4 is 14.8 Å². The molecule has 0 amide bonds. The molecule has 9 heteroatoms. The molecular weight excluding hydrogens is 466 g/mol. The van der Waals surface area contributed by atoms with E-state index < -0.39 is 29.6 Å². The van der Waals surface area contributed by atoms with Gasteiger partial charge in [0.2, 0.25) is 5.75 Å². The largest absolute Gasteiger partial charge is 0.502 e. The Morgan fingerprint density at radius 2 is 1.67 bits per heavy atom. The quantitative estimate of drug-likeness (QED) is 0.447. The van der Waals surface area contributed by atoms with Gasteiger partial charge in [0, 0.05) is 22.9 Å². The number of phenolic OH excluding ortho intramolecular Hbond substituents is 1. The van der Waals surface area contributed by atoms with Gasteiger partial charge in [-0.05, 0) is 62.6 Å². The molecule has 1 fully saturated rings. The predicted octanol–water partition coefficient (Wildman–Crippen LogP) is 3.51. The summed E-state index contributed by atoms with van der Waals surface area (Å²) >= 11 is 0. The summed E-state index contributed by atoms with van der Waals surface area (Å²) in [7, 11) is 4.07. The Labute approximate surface area is 210 Å². The lowest BCUT2D eigenvalue weighted by Gasteiger charge is -2.38. The molecule has 2 aliphatic carbocycles. The molecular formula is C27H33NO8. The third kappa shape index (κ3) is 4.42. The number of hydrogen-bond acceptors (Lipinski definition) is 9. The van der Waals surface area contributed by atoms with Crippen LogP contribution in [0.2, 0.25) is 0 Å². The zero-order valence-corrected chi connectivity index (χ0v) is 21.3. The Kier molecular flexibility index (Phi) is 7.28. The van der Waals surface area contributed by atoms with Gasteiger partial charge in [0.1, 0.15) is 12.0 Å². The number of Topliss-reactive ketones (excluding diaryl/α,β-unsaturated/α-hetero) is 1. The van der Waals surface area contributed by atoms with Gasteiger partial charge < -0.3 is 29.4 Å². The number of carbonyl (C=O) groups excluding carboxylic acids is 3. The highest BCUT2D eigenvalue weighted by atomic mass is 16.5. The van der Waals surface area contributed by atoms with E-state index in [4.69, 9.17) is 18.9 Å². The second-order valence-corrected chi connectivity index (χ2v) is 9.62. The maximum Gasteiger partial charge on any atom is 0.337 e. The number of allylic oxidation sites excluding steroid dienone is 3. The number of nitrogens with one attached hydrogen (secondary N) is 1. The first-order valence-corrected chi connectivity index (χ1v) is 12.2. The lowest BCUT2D eigenvalue weighted by Crippen LogP contribution is -2.43. The van der Waals surface area contributed by atoms with Crippen LogP contribution in [0.25, 0.3) is 0 Å². The van der Waals surface area contributed by atoms with E-state index in [9.17, 15) is 19.5 Å². The van der Waals surface area contributed by atoms with Crippen molar-refractivity contribution in [1.82, 2.24) is 5.32 Å². The van der Waals surface area contributed by atoms with Crippen molar-refractivity contribution >= 4 is 17.7 Å². The zero-order chi connectivity index (χ0) is 26.1. The summed E-state index contributed by atoms with van der Waals surface area (Å²) < 4.78 is 21.5. The van der Waals surface area contributed by atoms with E-state index in [1.165, 1.54) is 21.3 Å². The van der Waals surface area contributed by atoms with Crippen molar-refractivity contribution in [1.29, 1.82) is 0 Å². The molecule has 4 rings (SSSR count). The van der Waals surface area contributed by atoms with E-state index in [1.54, 1.807) is 19.1 Å². The monoisotopic (exact) mass is 499 g/mol. The Balaban J connectivity index is 1.89. The molecule has 0 radical (unpaired) electrons. The number of methoxy groups -OCH3 is 3. The number of phenols is 1. The summed E-state index contributed by atoms with van der Waals surface area (Å²) in [5.41, 5.74) is 2.31. The first-order chi connectivity index (χ1) is 17.2. The van der Waals surface area contributed by atoms with Gasteiger partial charge in [0.25, 0.3) is 0 Å². The molecule has 1 heterocycles. The van der Waals surface area contributed by atoms with Crippen LogP contribution in [0.15, 0.2) is 34.7 Å². The molecule has 1 aromatic rings. The Morgan fingerprint density at radius 3 is 2.22 bits per heavy atom. The summed E-state index contributed by atoms with van der Waals surface area (Å²) in [5.74, 6) is -3.61. The fourth-order valence-electron chi connectivity index (χ4n) is 5.59. The van der Waals surface area contributed by atoms with Gasteiger partial charge in [-0.3, -0.25) is 9.59 Å². The minimum atomic E-state index is -0.996. The second-order valence-electron chi connectivity index (χ2n) is 9.62. The number of benzene rings is 1. The lowest BCUT2D eigenvalue weighted by atomic mass is 9.69. The number of carbonyl (C=O) groups is 3. The Bertz CT molecular complexity index is 1120. The van der Waals surface area contributed by atoms with Gasteiger partial charge in [-0.2, -0.15) is 0 Å². The molecule has 1 saturated carbocycles. The first-order valence-electron chi connectivity index (χ1n) is 12.2. The molecule has 0 aromatic heterocycles. The smallest absolute Gasteiger partial charge is 0.337 e. The SMILES string of the molecule is COC(=O)[C@H]1C(=O)C2=C(C[C@@H]1C)NC(C)=C(C(=O)OC1CCCC1)[C@H]2c1cc(OC)c(O)c(OC)c1. The Hall–Kier alpha value is -3.49. The predicted molar refractivity (Wildman–Crippen MR) is 129 cm³/mol.